The van der Waals surface area contributed by atoms with Gasteiger partial charge in [0.15, 0.2) is 0 Å². The molecule has 144 valence electrons. The molecular formula is C22H23N3O2S. The first-order valence-corrected chi connectivity index (χ1v) is 10.2. The Morgan fingerprint density at radius 1 is 1.25 bits per heavy atom. The van der Waals surface area contributed by atoms with Gasteiger partial charge < -0.3 is 15.4 Å². The minimum Gasteiger partial charge on any atom is -0.390 e. The van der Waals surface area contributed by atoms with E-state index in [4.69, 9.17) is 0 Å². The van der Waals surface area contributed by atoms with E-state index < -0.39 is 0 Å². The topological polar surface area (TPSA) is 78.0 Å². The van der Waals surface area contributed by atoms with Crippen molar-refractivity contribution in [2.45, 2.75) is 26.4 Å². The highest BCUT2D eigenvalue weighted by Crippen LogP contribution is 2.37. The van der Waals surface area contributed by atoms with Crippen LogP contribution in [0.4, 0.5) is 0 Å². The maximum Gasteiger partial charge on any atom is 0.266 e. The van der Waals surface area contributed by atoms with Crippen LogP contribution >= 0.6 is 11.3 Å². The number of pyridine rings is 2. The summed E-state index contributed by atoms with van der Waals surface area (Å²) in [7, 11) is 1.96. The number of H-pyrrole nitrogens is 1. The van der Waals surface area contributed by atoms with E-state index in [0.717, 1.165) is 34.1 Å². The van der Waals surface area contributed by atoms with E-state index in [1.54, 1.807) is 0 Å². The Bertz CT molecular complexity index is 1210. The quantitative estimate of drug-likeness (QED) is 0.480. The van der Waals surface area contributed by atoms with Crippen LogP contribution in [-0.2, 0) is 6.61 Å². The second-order valence-electron chi connectivity index (χ2n) is 7.13. The molecule has 0 aliphatic carbocycles. The summed E-state index contributed by atoms with van der Waals surface area (Å²) < 4.78 is 0.697. The Kier molecular flexibility index (Phi) is 5.02. The number of hydrogen-bond donors (Lipinski definition) is 3. The number of likely N-dealkylation sites (N-methyl/N-ethyl adjacent to an activating group) is 1. The van der Waals surface area contributed by atoms with Gasteiger partial charge in [0.05, 0.1) is 17.8 Å². The van der Waals surface area contributed by atoms with E-state index in [9.17, 15) is 9.90 Å². The second kappa shape index (κ2) is 7.47. The first-order valence-electron chi connectivity index (χ1n) is 9.33. The second-order valence-corrected chi connectivity index (χ2v) is 8.04. The smallest absolute Gasteiger partial charge is 0.266 e. The normalized spacial score (nSPS) is 12.7. The zero-order valence-electron chi connectivity index (χ0n) is 16.2. The fourth-order valence-corrected chi connectivity index (χ4v) is 4.69. The molecule has 0 saturated carbocycles. The molecule has 3 N–H and O–H groups in total. The first-order chi connectivity index (χ1) is 13.5. The summed E-state index contributed by atoms with van der Waals surface area (Å²) in [6.45, 7) is 4.85. The van der Waals surface area contributed by atoms with Crippen LogP contribution in [0.25, 0.3) is 32.1 Å². The molecule has 1 atom stereocenters. The van der Waals surface area contributed by atoms with E-state index >= 15 is 0 Å². The molecule has 0 radical (unpaired) electrons. The molecule has 3 aromatic heterocycles. The molecule has 4 rings (SSSR count). The number of aromatic amines is 1. The third-order valence-electron chi connectivity index (χ3n) is 5.26. The van der Waals surface area contributed by atoms with Crippen molar-refractivity contribution >= 4 is 32.3 Å². The molecule has 0 bridgehead atoms. The Balaban J connectivity index is 2.00. The monoisotopic (exact) mass is 393 g/mol. The van der Waals surface area contributed by atoms with Crippen LogP contribution in [0, 0.1) is 6.92 Å². The number of thiophene rings is 1. The number of aliphatic hydroxyl groups excluding tert-OH is 1. The highest BCUT2D eigenvalue weighted by Gasteiger charge is 2.18. The number of rotatable bonds is 5. The average molecular weight is 394 g/mol. The van der Waals surface area contributed by atoms with Crippen LogP contribution in [0.2, 0.25) is 0 Å². The zero-order valence-corrected chi connectivity index (χ0v) is 17.0. The summed E-state index contributed by atoms with van der Waals surface area (Å²) >= 11 is 1.43. The molecule has 4 aromatic rings. The summed E-state index contributed by atoms with van der Waals surface area (Å²) in [6, 6.07) is 10.5. The number of aliphatic hydroxyl groups is 1. The molecule has 0 aliphatic rings. The standard InChI is InChI=1S/C22H23N3O2S/c1-12(10-23-3)14-4-6-15(7-5-14)18-13(2)24-17(11-26)20-19(18)16-8-9-28-21(16)22(27)25-20/h4-9,12,23,26H,10-11H2,1-3H3,(H,25,27). The molecule has 0 amide bonds. The SMILES string of the molecule is CNCC(C)c1ccc(-c2c(C)nc(CO)c3[nH]c(=O)c4sccc4c23)cc1. The van der Waals surface area contributed by atoms with E-state index in [-0.39, 0.29) is 12.2 Å². The summed E-state index contributed by atoms with van der Waals surface area (Å²) in [5.74, 6) is 0.423. The number of aromatic nitrogens is 2. The van der Waals surface area contributed by atoms with Crippen molar-refractivity contribution in [2.24, 2.45) is 0 Å². The molecule has 1 unspecified atom stereocenters. The maximum absolute atomic E-state index is 12.5. The van der Waals surface area contributed by atoms with Crippen molar-refractivity contribution in [1.82, 2.24) is 15.3 Å². The van der Waals surface area contributed by atoms with Crippen LogP contribution < -0.4 is 10.9 Å². The van der Waals surface area contributed by atoms with Gasteiger partial charge in [-0.15, -0.1) is 11.3 Å². The Morgan fingerprint density at radius 3 is 2.68 bits per heavy atom. The van der Waals surface area contributed by atoms with Crippen molar-refractivity contribution in [3.63, 3.8) is 0 Å². The molecular weight excluding hydrogens is 370 g/mol. The van der Waals surface area contributed by atoms with Gasteiger partial charge >= 0.3 is 0 Å². The van der Waals surface area contributed by atoms with Crippen LogP contribution in [0.5, 0.6) is 0 Å². The summed E-state index contributed by atoms with van der Waals surface area (Å²) in [4.78, 5) is 20.0. The number of fused-ring (bicyclic) bond motifs is 3. The largest absolute Gasteiger partial charge is 0.390 e. The summed E-state index contributed by atoms with van der Waals surface area (Å²) in [6.07, 6.45) is 0. The minimum absolute atomic E-state index is 0.139. The van der Waals surface area contributed by atoms with Gasteiger partial charge in [-0.25, -0.2) is 0 Å². The fraction of sp³-hybridized carbons (Fsp3) is 0.273. The molecule has 0 fully saturated rings. The maximum atomic E-state index is 12.5. The third-order valence-corrected chi connectivity index (χ3v) is 6.17. The predicted molar refractivity (Wildman–Crippen MR) is 116 cm³/mol. The van der Waals surface area contributed by atoms with Crippen molar-refractivity contribution in [1.29, 1.82) is 0 Å². The average Bonchev–Trinajstić information content (AvgIpc) is 3.19. The van der Waals surface area contributed by atoms with E-state index in [2.05, 4.69) is 46.5 Å². The van der Waals surface area contributed by atoms with Gasteiger partial charge in [0.2, 0.25) is 0 Å². The van der Waals surface area contributed by atoms with E-state index in [1.165, 1.54) is 16.9 Å². The number of benzene rings is 1. The van der Waals surface area contributed by atoms with Crippen LogP contribution in [0.1, 0.15) is 29.8 Å². The Morgan fingerprint density at radius 2 is 2.00 bits per heavy atom. The Labute approximate surface area is 167 Å². The zero-order chi connectivity index (χ0) is 19.8. The highest BCUT2D eigenvalue weighted by atomic mass is 32.1. The molecule has 1 aromatic carbocycles. The van der Waals surface area contributed by atoms with Gasteiger partial charge in [-0.05, 0) is 42.5 Å². The number of hydrogen-bond acceptors (Lipinski definition) is 5. The van der Waals surface area contributed by atoms with Crippen molar-refractivity contribution < 1.29 is 5.11 Å². The molecule has 5 nitrogen and oxygen atoms in total. The van der Waals surface area contributed by atoms with Crippen molar-refractivity contribution in [3.05, 3.63) is 63.0 Å². The van der Waals surface area contributed by atoms with Gasteiger partial charge in [0.1, 0.15) is 4.70 Å². The van der Waals surface area contributed by atoms with Crippen LogP contribution in [-0.4, -0.2) is 28.7 Å². The molecule has 0 saturated heterocycles. The van der Waals surface area contributed by atoms with Gasteiger partial charge in [-0.3, -0.25) is 9.78 Å². The summed E-state index contributed by atoms with van der Waals surface area (Å²) in [5, 5.41) is 16.8. The number of aryl methyl sites for hydroxylation is 1. The lowest BCUT2D eigenvalue weighted by atomic mass is 9.93. The van der Waals surface area contributed by atoms with E-state index in [1.807, 2.05) is 25.4 Å². The van der Waals surface area contributed by atoms with E-state index in [0.29, 0.717) is 21.8 Å². The van der Waals surface area contributed by atoms with Gasteiger partial charge in [0.25, 0.3) is 5.56 Å². The number of nitrogens with zero attached hydrogens (tertiary/aromatic N) is 1. The minimum atomic E-state index is -0.219. The molecule has 0 spiro atoms. The van der Waals surface area contributed by atoms with Crippen LogP contribution in [0.3, 0.4) is 0 Å². The number of nitrogens with one attached hydrogen (secondary N) is 2. The van der Waals surface area contributed by atoms with Crippen LogP contribution in [0.15, 0.2) is 40.5 Å². The third kappa shape index (κ3) is 3.03. The lowest BCUT2D eigenvalue weighted by Gasteiger charge is -2.16. The first kappa shape index (κ1) is 18.8. The highest BCUT2D eigenvalue weighted by molar-refractivity contribution is 7.17. The van der Waals surface area contributed by atoms with Gasteiger partial charge in [-0.1, -0.05) is 31.2 Å². The van der Waals surface area contributed by atoms with Crippen molar-refractivity contribution in [3.8, 4) is 11.1 Å². The van der Waals surface area contributed by atoms with Gasteiger partial charge in [-0.2, -0.15) is 0 Å². The molecule has 6 heteroatoms. The molecule has 28 heavy (non-hydrogen) atoms. The lowest BCUT2D eigenvalue weighted by molar-refractivity contribution is 0.278. The summed E-state index contributed by atoms with van der Waals surface area (Å²) in [5.41, 5.74) is 5.15. The molecule has 3 heterocycles. The van der Waals surface area contributed by atoms with Crippen molar-refractivity contribution in [2.75, 3.05) is 13.6 Å². The lowest BCUT2D eigenvalue weighted by Crippen LogP contribution is -2.14. The van der Waals surface area contributed by atoms with Gasteiger partial charge in [0, 0.05) is 28.6 Å². The predicted octanol–water partition coefficient (Wildman–Crippen LogP) is 3.93. The fourth-order valence-electron chi connectivity index (χ4n) is 3.89. The molecule has 0 aliphatic heterocycles. The Hall–Kier alpha value is -2.54.